The predicted molar refractivity (Wildman–Crippen MR) is 91.7 cm³/mol. The van der Waals surface area contributed by atoms with Gasteiger partial charge in [-0.25, -0.2) is 9.97 Å². The standard InChI is InChI=1S/C18H21N5O2/c1-11-7-13(11)18(25)23-6-2-3-12(10-23)14-8-16(24)22-17(21-14)15-9-19-4-5-20-15/h4-5,8-9,11-13H,2-3,6-7,10H2,1H3,(H,21,22,24). The lowest BCUT2D eigenvalue weighted by atomic mass is 9.94. The van der Waals surface area contributed by atoms with Crippen LogP contribution in [0.25, 0.3) is 11.5 Å². The van der Waals surface area contributed by atoms with E-state index in [0.29, 0.717) is 24.0 Å². The van der Waals surface area contributed by atoms with Crippen molar-refractivity contribution in [3.63, 3.8) is 0 Å². The van der Waals surface area contributed by atoms with Crippen molar-refractivity contribution in [2.24, 2.45) is 11.8 Å². The van der Waals surface area contributed by atoms with Crippen LogP contribution in [-0.2, 0) is 4.79 Å². The Balaban J connectivity index is 1.58. The molecule has 130 valence electrons. The first-order valence-electron chi connectivity index (χ1n) is 8.78. The van der Waals surface area contributed by atoms with Gasteiger partial charge < -0.3 is 9.88 Å². The van der Waals surface area contributed by atoms with Crippen molar-refractivity contribution in [1.29, 1.82) is 0 Å². The minimum absolute atomic E-state index is 0.0875. The van der Waals surface area contributed by atoms with E-state index in [9.17, 15) is 9.59 Å². The molecule has 0 spiro atoms. The van der Waals surface area contributed by atoms with Gasteiger partial charge in [0.25, 0.3) is 5.56 Å². The van der Waals surface area contributed by atoms with E-state index in [-0.39, 0.29) is 23.3 Å². The van der Waals surface area contributed by atoms with Crippen LogP contribution in [0.2, 0.25) is 0 Å². The van der Waals surface area contributed by atoms with Gasteiger partial charge in [0.15, 0.2) is 5.82 Å². The highest BCUT2D eigenvalue weighted by Crippen LogP contribution is 2.40. The van der Waals surface area contributed by atoms with Crippen molar-refractivity contribution in [1.82, 2.24) is 24.8 Å². The summed E-state index contributed by atoms with van der Waals surface area (Å²) in [6, 6.07) is 1.54. The summed E-state index contributed by atoms with van der Waals surface area (Å²) in [5.41, 5.74) is 1.06. The average molecular weight is 339 g/mol. The first-order chi connectivity index (χ1) is 12.1. The second-order valence-electron chi connectivity index (χ2n) is 7.05. The largest absolute Gasteiger partial charge is 0.342 e. The maximum Gasteiger partial charge on any atom is 0.251 e. The summed E-state index contributed by atoms with van der Waals surface area (Å²) in [7, 11) is 0. The summed E-state index contributed by atoms with van der Waals surface area (Å²) < 4.78 is 0. The maximum absolute atomic E-state index is 12.5. The molecule has 4 rings (SSSR count). The van der Waals surface area contributed by atoms with Crippen LogP contribution in [0.4, 0.5) is 0 Å². The Morgan fingerprint density at radius 2 is 2.20 bits per heavy atom. The number of nitrogens with zero attached hydrogens (tertiary/aromatic N) is 4. The second-order valence-corrected chi connectivity index (χ2v) is 7.05. The van der Waals surface area contributed by atoms with Crippen molar-refractivity contribution in [2.45, 2.75) is 32.1 Å². The van der Waals surface area contributed by atoms with E-state index in [1.807, 2.05) is 4.90 Å². The Labute approximate surface area is 145 Å². The summed E-state index contributed by atoms with van der Waals surface area (Å²) >= 11 is 0. The molecule has 2 fully saturated rings. The molecule has 1 aliphatic heterocycles. The normalized spacial score (nSPS) is 25.6. The number of amides is 1. The first-order valence-corrected chi connectivity index (χ1v) is 8.78. The third-order valence-corrected chi connectivity index (χ3v) is 5.15. The quantitative estimate of drug-likeness (QED) is 0.917. The van der Waals surface area contributed by atoms with Crippen LogP contribution in [0.1, 0.15) is 37.8 Å². The van der Waals surface area contributed by atoms with Gasteiger partial charge in [-0.3, -0.25) is 14.6 Å². The van der Waals surface area contributed by atoms with Crippen LogP contribution >= 0.6 is 0 Å². The molecule has 2 aliphatic rings. The summed E-state index contributed by atoms with van der Waals surface area (Å²) in [6.45, 7) is 3.56. The van der Waals surface area contributed by atoms with Crippen LogP contribution in [0.5, 0.6) is 0 Å². The lowest BCUT2D eigenvalue weighted by Crippen LogP contribution is -2.40. The molecule has 7 heteroatoms. The van der Waals surface area contributed by atoms with Gasteiger partial charge in [0.05, 0.1) is 11.9 Å². The molecule has 3 unspecified atom stereocenters. The van der Waals surface area contributed by atoms with Gasteiger partial charge in [0, 0.05) is 43.4 Å². The van der Waals surface area contributed by atoms with E-state index >= 15 is 0 Å². The first kappa shape index (κ1) is 15.9. The van der Waals surface area contributed by atoms with Gasteiger partial charge in [-0.2, -0.15) is 0 Å². The van der Waals surface area contributed by atoms with Gasteiger partial charge in [0.2, 0.25) is 5.91 Å². The fraction of sp³-hybridized carbons (Fsp3) is 0.500. The lowest BCUT2D eigenvalue weighted by molar-refractivity contribution is -0.134. The summed E-state index contributed by atoms with van der Waals surface area (Å²) in [6.07, 6.45) is 7.59. The van der Waals surface area contributed by atoms with Gasteiger partial charge in [-0.1, -0.05) is 6.92 Å². The highest BCUT2D eigenvalue weighted by atomic mass is 16.2. The number of piperidine rings is 1. The summed E-state index contributed by atoms with van der Waals surface area (Å²) in [5.74, 6) is 1.48. The van der Waals surface area contributed by atoms with Crippen LogP contribution < -0.4 is 5.56 Å². The molecule has 1 N–H and O–H groups in total. The zero-order chi connectivity index (χ0) is 17.4. The summed E-state index contributed by atoms with van der Waals surface area (Å²) in [5, 5.41) is 0. The topological polar surface area (TPSA) is 91.8 Å². The Morgan fingerprint density at radius 3 is 2.92 bits per heavy atom. The third kappa shape index (κ3) is 3.31. The smallest absolute Gasteiger partial charge is 0.251 e. The molecule has 3 heterocycles. The second kappa shape index (κ2) is 6.38. The molecular weight excluding hydrogens is 318 g/mol. The molecule has 25 heavy (non-hydrogen) atoms. The monoisotopic (exact) mass is 339 g/mol. The predicted octanol–water partition coefficient (Wildman–Crippen LogP) is 1.59. The van der Waals surface area contributed by atoms with Crippen LogP contribution in [0.3, 0.4) is 0 Å². The van der Waals surface area contributed by atoms with Crippen molar-refractivity contribution < 1.29 is 4.79 Å². The highest BCUT2D eigenvalue weighted by Gasteiger charge is 2.42. The van der Waals surface area contributed by atoms with Crippen molar-refractivity contribution in [3.05, 3.63) is 40.7 Å². The lowest BCUT2D eigenvalue weighted by Gasteiger charge is -2.32. The Bertz CT molecular complexity index is 835. The number of aromatic nitrogens is 4. The number of nitrogens with one attached hydrogen (secondary N) is 1. The third-order valence-electron chi connectivity index (χ3n) is 5.15. The highest BCUT2D eigenvalue weighted by molar-refractivity contribution is 5.81. The molecule has 1 aliphatic carbocycles. The minimum Gasteiger partial charge on any atom is -0.342 e. The maximum atomic E-state index is 12.5. The Morgan fingerprint density at radius 1 is 1.36 bits per heavy atom. The Kier molecular flexibility index (Phi) is 4.07. The zero-order valence-corrected chi connectivity index (χ0v) is 14.2. The van der Waals surface area contributed by atoms with Crippen LogP contribution in [0, 0.1) is 11.8 Å². The SMILES string of the molecule is CC1CC1C(=O)N1CCCC(c2cc(=O)[nH]c(-c3cnccn3)n2)C1. The van der Waals surface area contributed by atoms with Crippen LogP contribution in [0.15, 0.2) is 29.5 Å². The van der Waals surface area contributed by atoms with Crippen molar-refractivity contribution >= 4 is 5.91 Å². The van der Waals surface area contributed by atoms with E-state index in [1.54, 1.807) is 18.6 Å². The van der Waals surface area contributed by atoms with E-state index in [2.05, 4.69) is 26.9 Å². The number of likely N-dealkylation sites (tertiary alicyclic amines) is 1. The fourth-order valence-electron chi connectivity index (χ4n) is 3.55. The number of hydrogen-bond donors (Lipinski definition) is 1. The zero-order valence-electron chi connectivity index (χ0n) is 14.2. The molecule has 0 bridgehead atoms. The molecule has 1 saturated carbocycles. The van der Waals surface area contributed by atoms with Gasteiger partial charge in [0.1, 0.15) is 5.69 Å². The van der Waals surface area contributed by atoms with E-state index < -0.39 is 0 Å². The Hall–Kier alpha value is -2.57. The molecule has 2 aromatic rings. The van der Waals surface area contributed by atoms with Crippen molar-refractivity contribution in [3.8, 4) is 11.5 Å². The minimum atomic E-state index is -0.204. The van der Waals surface area contributed by atoms with E-state index in [0.717, 1.165) is 31.5 Å². The molecule has 1 amide bonds. The molecule has 2 aromatic heterocycles. The summed E-state index contributed by atoms with van der Waals surface area (Å²) in [4.78, 5) is 42.1. The van der Waals surface area contributed by atoms with E-state index in [4.69, 9.17) is 0 Å². The molecule has 3 atom stereocenters. The number of aromatic amines is 1. The number of carbonyl (C=O) groups is 1. The van der Waals surface area contributed by atoms with Gasteiger partial charge in [-0.05, 0) is 25.2 Å². The van der Waals surface area contributed by atoms with Gasteiger partial charge in [-0.15, -0.1) is 0 Å². The number of rotatable bonds is 3. The number of carbonyl (C=O) groups excluding carboxylic acids is 1. The molecular formula is C18H21N5O2. The molecule has 0 radical (unpaired) electrons. The molecule has 1 saturated heterocycles. The average Bonchev–Trinajstić information content (AvgIpc) is 3.38. The van der Waals surface area contributed by atoms with E-state index in [1.165, 1.54) is 6.07 Å². The van der Waals surface area contributed by atoms with Crippen LogP contribution in [-0.4, -0.2) is 43.8 Å². The van der Waals surface area contributed by atoms with Gasteiger partial charge >= 0.3 is 0 Å². The van der Waals surface area contributed by atoms with Crippen molar-refractivity contribution in [2.75, 3.05) is 13.1 Å². The fourth-order valence-corrected chi connectivity index (χ4v) is 3.55. The molecule has 7 nitrogen and oxygen atoms in total. The number of H-pyrrole nitrogens is 1. The number of hydrogen-bond acceptors (Lipinski definition) is 5. The molecule has 0 aromatic carbocycles.